The topological polar surface area (TPSA) is 103 Å². The molecular formula is C31H40N4O3. The number of ketones is 1. The number of Topliss-reactive ketones (excluding diaryl/α,β-unsaturated/α-hetero) is 1. The number of benzene rings is 2. The monoisotopic (exact) mass is 516 g/mol. The number of piperidine rings is 1. The van der Waals surface area contributed by atoms with Crippen molar-refractivity contribution in [1.29, 1.82) is 0 Å². The highest BCUT2D eigenvalue weighted by Gasteiger charge is 2.26. The summed E-state index contributed by atoms with van der Waals surface area (Å²) in [6, 6.07) is 17.6. The van der Waals surface area contributed by atoms with Gasteiger partial charge in [0.1, 0.15) is 11.8 Å². The summed E-state index contributed by atoms with van der Waals surface area (Å²) in [6.07, 6.45) is 7.12. The second-order valence-electron chi connectivity index (χ2n) is 10.3. The maximum atomic E-state index is 13.3. The highest BCUT2D eigenvalue weighted by Crippen LogP contribution is 2.30. The van der Waals surface area contributed by atoms with Crippen LogP contribution in [0.15, 0.2) is 54.6 Å². The molecule has 0 bridgehead atoms. The number of hydrogen-bond donors (Lipinski definition) is 4. The molecule has 2 aromatic carbocycles. The summed E-state index contributed by atoms with van der Waals surface area (Å²) in [4.78, 5) is 41.0. The quantitative estimate of drug-likeness (QED) is 0.248. The molecule has 1 aliphatic heterocycles. The van der Waals surface area contributed by atoms with Gasteiger partial charge >= 0.3 is 0 Å². The van der Waals surface area contributed by atoms with Gasteiger partial charge in [0, 0.05) is 29.6 Å². The molecule has 0 spiro atoms. The van der Waals surface area contributed by atoms with Crippen LogP contribution in [0, 0.1) is 0 Å². The Morgan fingerprint density at radius 3 is 2.53 bits per heavy atom. The van der Waals surface area contributed by atoms with Crippen LogP contribution < -0.4 is 16.0 Å². The van der Waals surface area contributed by atoms with Crippen molar-refractivity contribution in [2.45, 2.75) is 76.8 Å². The molecule has 2 heterocycles. The molecule has 7 heteroatoms. The summed E-state index contributed by atoms with van der Waals surface area (Å²) >= 11 is 0. The number of rotatable bonds is 13. The lowest BCUT2D eigenvalue weighted by molar-refractivity contribution is -0.130. The largest absolute Gasteiger partial charge is 0.354 e. The third-order valence-electron chi connectivity index (χ3n) is 7.33. The summed E-state index contributed by atoms with van der Waals surface area (Å²) in [5.41, 5.74) is 4.42. The van der Waals surface area contributed by atoms with Crippen molar-refractivity contribution < 1.29 is 14.4 Å². The Labute approximate surface area is 225 Å². The number of hydrogen-bond acceptors (Lipinski definition) is 4. The molecule has 38 heavy (non-hydrogen) atoms. The number of H-pyrrole nitrogens is 1. The molecule has 0 aliphatic carbocycles. The van der Waals surface area contributed by atoms with Crippen molar-refractivity contribution in [1.82, 2.24) is 20.9 Å². The van der Waals surface area contributed by atoms with E-state index in [-0.39, 0.29) is 23.6 Å². The summed E-state index contributed by atoms with van der Waals surface area (Å²) in [6.45, 7) is 2.90. The van der Waals surface area contributed by atoms with Crippen molar-refractivity contribution in [3.8, 4) is 11.3 Å². The fourth-order valence-corrected chi connectivity index (χ4v) is 5.26. The molecule has 0 unspecified atom stereocenters. The molecule has 2 amide bonds. The van der Waals surface area contributed by atoms with Crippen molar-refractivity contribution >= 4 is 28.5 Å². The van der Waals surface area contributed by atoms with E-state index in [1.165, 1.54) is 5.56 Å². The minimum Gasteiger partial charge on any atom is -0.354 e. The molecule has 0 saturated carbocycles. The molecule has 4 rings (SSSR count). The van der Waals surface area contributed by atoms with Crippen LogP contribution in [-0.4, -0.2) is 47.8 Å². The lowest BCUT2D eigenvalue weighted by Gasteiger charge is -2.25. The fraction of sp³-hybridized carbons (Fsp3) is 0.452. The van der Waals surface area contributed by atoms with E-state index >= 15 is 0 Å². The van der Waals surface area contributed by atoms with Gasteiger partial charge in [0.25, 0.3) is 0 Å². The summed E-state index contributed by atoms with van der Waals surface area (Å²) < 4.78 is 0. The molecule has 2 atom stereocenters. The summed E-state index contributed by atoms with van der Waals surface area (Å²) in [7, 11) is 0. The Hall–Kier alpha value is -3.45. The number of para-hydroxylation sites is 1. The molecule has 1 aromatic heterocycles. The Balaban J connectivity index is 1.40. The minimum absolute atomic E-state index is 0.100. The highest BCUT2D eigenvalue weighted by molar-refractivity contribution is 5.91. The molecule has 4 N–H and O–H groups in total. The average Bonchev–Trinajstić information content (AvgIpc) is 3.31. The standard InChI is InChI=1S/C31H40N4O3/c1-22(36)12-4-2-7-18-28(35-31(38)27-17-10-11-20-32-27)30(37)33-21-19-25-24-15-8-9-16-26(24)34-29(25)23-13-5-3-6-14-23/h3,5-6,8-9,13-16,27-28,32,34H,2,4,7,10-12,17-21H2,1H3,(H,33,37)(H,35,38)/t27-,28-/m0/s1. The molecule has 3 aromatic rings. The zero-order valence-electron chi connectivity index (χ0n) is 22.4. The third-order valence-corrected chi connectivity index (χ3v) is 7.33. The molecule has 1 saturated heterocycles. The predicted molar refractivity (Wildman–Crippen MR) is 152 cm³/mol. The number of carbonyl (C=O) groups is 3. The van der Waals surface area contributed by atoms with Gasteiger partial charge in [-0.05, 0) is 62.8 Å². The van der Waals surface area contributed by atoms with Crippen LogP contribution in [0.2, 0.25) is 0 Å². The first-order chi connectivity index (χ1) is 18.5. The van der Waals surface area contributed by atoms with Crippen molar-refractivity contribution in [2.75, 3.05) is 13.1 Å². The average molecular weight is 517 g/mol. The van der Waals surface area contributed by atoms with Gasteiger partial charge in [-0.2, -0.15) is 0 Å². The van der Waals surface area contributed by atoms with Crippen LogP contribution >= 0.6 is 0 Å². The van der Waals surface area contributed by atoms with E-state index in [0.717, 1.165) is 67.2 Å². The van der Waals surface area contributed by atoms with Crippen LogP contribution in [0.3, 0.4) is 0 Å². The highest BCUT2D eigenvalue weighted by atomic mass is 16.2. The van der Waals surface area contributed by atoms with Crippen molar-refractivity contribution in [3.05, 3.63) is 60.2 Å². The lowest BCUT2D eigenvalue weighted by Crippen LogP contribution is -2.53. The first-order valence-corrected chi connectivity index (χ1v) is 14.0. The summed E-state index contributed by atoms with van der Waals surface area (Å²) in [5, 5.41) is 10.5. The Morgan fingerprint density at radius 2 is 1.76 bits per heavy atom. The van der Waals surface area contributed by atoms with Crippen LogP contribution in [-0.2, 0) is 20.8 Å². The van der Waals surface area contributed by atoms with E-state index in [4.69, 9.17) is 0 Å². The Morgan fingerprint density at radius 1 is 0.974 bits per heavy atom. The number of fused-ring (bicyclic) bond motifs is 1. The van der Waals surface area contributed by atoms with Gasteiger partial charge in [-0.15, -0.1) is 0 Å². The number of aromatic nitrogens is 1. The zero-order chi connectivity index (χ0) is 26.7. The SMILES string of the molecule is CC(=O)CCCCC[C@H](NC(=O)[C@@H]1CCCCN1)C(=O)NCCc1c(-c2ccccc2)[nH]c2ccccc12. The number of nitrogens with one attached hydrogen (secondary N) is 4. The molecule has 1 fully saturated rings. The molecule has 0 radical (unpaired) electrons. The Kier molecular flexibility index (Phi) is 10.1. The maximum absolute atomic E-state index is 13.3. The van der Waals surface area contributed by atoms with Crippen LogP contribution in [0.25, 0.3) is 22.2 Å². The van der Waals surface area contributed by atoms with E-state index < -0.39 is 6.04 Å². The van der Waals surface area contributed by atoms with Crippen LogP contribution in [0.5, 0.6) is 0 Å². The van der Waals surface area contributed by atoms with Gasteiger partial charge < -0.3 is 25.7 Å². The predicted octanol–water partition coefficient (Wildman–Crippen LogP) is 4.66. The maximum Gasteiger partial charge on any atom is 0.242 e. The number of amides is 2. The van der Waals surface area contributed by atoms with Gasteiger partial charge in [0.05, 0.1) is 6.04 Å². The van der Waals surface area contributed by atoms with Crippen molar-refractivity contribution in [2.24, 2.45) is 0 Å². The van der Waals surface area contributed by atoms with E-state index in [9.17, 15) is 14.4 Å². The number of unbranched alkanes of at least 4 members (excludes halogenated alkanes) is 2. The Bertz CT molecular complexity index is 1210. The second-order valence-corrected chi connectivity index (χ2v) is 10.3. The fourth-order valence-electron chi connectivity index (χ4n) is 5.26. The minimum atomic E-state index is -0.583. The first-order valence-electron chi connectivity index (χ1n) is 14.0. The van der Waals surface area contributed by atoms with Crippen LogP contribution in [0.1, 0.15) is 63.9 Å². The number of carbonyl (C=O) groups excluding carboxylic acids is 3. The normalized spacial score (nSPS) is 16.2. The molecular weight excluding hydrogens is 476 g/mol. The molecule has 202 valence electrons. The second kappa shape index (κ2) is 13.9. The van der Waals surface area contributed by atoms with Gasteiger partial charge in [-0.3, -0.25) is 9.59 Å². The van der Waals surface area contributed by atoms with Gasteiger partial charge in [0.15, 0.2) is 0 Å². The van der Waals surface area contributed by atoms with Crippen LogP contribution in [0.4, 0.5) is 0 Å². The van der Waals surface area contributed by atoms with Crippen molar-refractivity contribution in [3.63, 3.8) is 0 Å². The number of aromatic amines is 1. The third kappa shape index (κ3) is 7.54. The molecule has 7 nitrogen and oxygen atoms in total. The van der Waals surface area contributed by atoms with E-state index in [0.29, 0.717) is 25.8 Å². The zero-order valence-corrected chi connectivity index (χ0v) is 22.4. The van der Waals surface area contributed by atoms with Gasteiger partial charge in [0.2, 0.25) is 11.8 Å². The summed E-state index contributed by atoms with van der Waals surface area (Å²) in [5.74, 6) is -0.0680. The lowest BCUT2D eigenvalue weighted by atomic mass is 10.0. The van der Waals surface area contributed by atoms with E-state index in [1.807, 2.05) is 30.3 Å². The van der Waals surface area contributed by atoms with E-state index in [1.54, 1.807) is 6.92 Å². The first kappa shape index (κ1) is 27.6. The van der Waals surface area contributed by atoms with Gasteiger partial charge in [-0.25, -0.2) is 0 Å². The smallest absolute Gasteiger partial charge is 0.242 e. The molecule has 1 aliphatic rings. The van der Waals surface area contributed by atoms with E-state index in [2.05, 4.69) is 45.2 Å². The van der Waals surface area contributed by atoms with Gasteiger partial charge in [-0.1, -0.05) is 67.8 Å².